The Bertz CT molecular complexity index is 386. The Morgan fingerprint density at radius 3 is 2.74 bits per heavy atom. The Morgan fingerprint density at radius 1 is 1.00 bits per heavy atom. The molecular formula is C15H25N3O. The third kappa shape index (κ3) is 1.79. The topological polar surface area (TPSA) is 53.2 Å². The number of nitrogens with one attached hydrogen (secondary N) is 3. The van der Waals surface area contributed by atoms with Gasteiger partial charge in [-0.25, -0.2) is 4.79 Å². The van der Waals surface area contributed by atoms with E-state index in [0.29, 0.717) is 24.0 Å². The number of carbonyl (C=O) groups excluding carboxylic acids is 1. The van der Waals surface area contributed by atoms with Crippen LogP contribution in [0, 0.1) is 23.7 Å². The summed E-state index contributed by atoms with van der Waals surface area (Å²) in [7, 11) is 0. The summed E-state index contributed by atoms with van der Waals surface area (Å²) in [4.78, 5) is 11.6. The molecule has 7 atom stereocenters. The summed E-state index contributed by atoms with van der Waals surface area (Å²) < 4.78 is 0. The molecule has 0 aromatic carbocycles. The molecule has 0 aromatic rings. The van der Waals surface area contributed by atoms with E-state index >= 15 is 0 Å². The molecule has 19 heavy (non-hydrogen) atoms. The summed E-state index contributed by atoms with van der Waals surface area (Å²) in [5.41, 5.74) is 0. The van der Waals surface area contributed by atoms with E-state index in [-0.39, 0.29) is 6.03 Å². The van der Waals surface area contributed by atoms with Crippen LogP contribution in [0.5, 0.6) is 0 Å². The lowest BCUT2D eigenvalue weighted by molar-refractivity contribution is 0.132. The lowest BCUT2D eigenvalue weighted by Gasteiger charge is -2.44. The minimum Gasteiger partial charge on any atom is -0.338 e. The summed E-state index contributed by atoms with van der Waals surface area (Å²) in [6, 6.07) is 1.63. The highest BCUT2D eigenvalue weighted by atomic mass is 16.2. The van der Waals surface area contributed by atoms with Crippen LogP contribution in [0.2, 0.25) is 0 Å². The van der Waals surface area contributed by atoms with Crippen LogP contribution < -0.4 is 16.0 Å². The standard InChI is InChI=1S/C15H25N3O/c1-8-3-2-4-10-11-6-5-9-7-16-15(19)18-13(9)14(11)17-12(8)10/h8-14,17H,2-7H2,1H3,(H2,16,18,19). The minimum absolute atomic E-state index is 0.0339. The number of hydrogen-bond acceptors (Lipinski definition) is 2. The lowest BCUT2D eigenvalue weighted by atomic mass is 9.67. The first-order valence-corrected chi connectivity index (χ1v) is 8.04. The minimum atomic E-state index is 0.0339. The van der Waals surface area contributed by atoms with E-state index in [9.17, 15) is 4.79 Å². The zero-order chi connectivity index (χ0) is 13.0. The molecule has 4 rings (SSSR count). The van der Waals surface area contributed by atoms with Crippen molar-refractivity contribution in [2.24, 2.45) is 23.7 Å². The number of urea groups is 1. The Morgan fingerprint density at radius 2 is 1.84 bits per heavy atom. The zero-order valence-corrected chi connectivity index (χ0v) is 11.7. The van der Waals surface area contributed by atoms with Crippen LogP contribution >= 0.6 is 0 Å². The van der Waals surface area contributed by atoms with Crippen LogP contribution in [0.15, 0.2) is 0 Å². The number of fused-ring (bicyclic) bond motifs is 5. The summed E-state index contributed by atoms with van der Waals surface area (Å²) in [6.45, 7) is 3.27. The quantitative estimate of drug-likeness (QED) is 0.620. The molecule has 4 fully saturated rings. The van der Waals surface area contributed by atoms with Gasteiger partial charge < -0.3 is 16.0 Å². The third-order valence-electron chi connectivity index (χ3n) is 6.26. The number of carbonyl (C=O) groups is 1. The molecule has 7 unspecified atom stereocenters. The molecule has 2 aliphatic carbocycles. The average Bonchev–Trinajstić information content (AvgIpc) is 2.79. The number of amides is 2. The molecule has 0 spiro atoms. The fraction of sp³-hybridized carbons (Fsp3) is 0.933. The van der Waals surface area contributed by atoms with Gasteiger partial charge >= 0.3 is 6.03 Å². The molecule has 2 saturated carbocycles. The molecule has 0 radical (unpaired) electrons. The largest absolute Gasteiger partial charge is 0.338 e. The van der Waals surface area contributed by atoms with Crippen molar-refractivity contribution in [2.75, 3.05) is 6.54 Å². The van der Waals surface area contributed by atoms with E-state index in [1.54, 1.807) is 0 Å². The molecule has 3 N–H and O–H groups in total. The average molecular weight is 263 g/mol. The van der Waals surface area contributed by atoms with Gasteiger partial charge in [0.25, 0.3) is 0 Å². The highest BCUT2D eigenvalue weighted by Gasteiger charge is 2.53. The van der Waals surface area contributed by atoms with Gasteiger partial charge in [-0.3, -0.25) is 0 Å². The second-order valence-corrected chi connectivity index (χ2v) is 7.17. The van der Waals surface area contributed by atoms with E-state index in [2.05, 4.69) is 22.9 Å². The summed E-state index contributed by atoms with van der Waals surface area (Å²) in [6.07, 6.45) is 6.79. The Labute approximate surface area is 115 Å². The van der Waals surface area contributed by atoms with Gasteiger partial charge in [0.1, 0.15) is 0 Å². The van der Waals surface area contributed by atoms with Crippen LogP contribution in [-0.4, -0.2) is 30.7 Å². The van der Waals surface area contributed by atoms with E-state index < -0.39 is 0 Å². The summed E-state index contributed by atoms with van der Waals surface area (Å²) in [5.74, 6) is 3.09. The molecule has 2 amide bonds. The van der Waals surface area contributed by atoms with Crippen LogP contribution in [0.3, 0.4) is 0 Å². The lowest BCUT2D eigenvalue weighted by Crippen LogP contribution is -2.64. The Kier molecular flexibility index (Phi) is 2.76. The fourth-order valence-corrected chi connectivity index (χ4v) is 5.34. The van der Waals surface area contributed by atoms with Crippen LogP contribution in [0.4, 0.5) is 4.79 Å². The summed E-state index contributed by atoms with van der Waals surface area (Å²) in [5, 5.41) is 10.1. The first-order chi connectivity index (χ1) is 9.24. The molecule has 4 nitrogen and oxygen atoms in total. The fourth-order valence-electron chi connectivity index (χ4n) is 5.34. The monoisotopic (exact) mass is 263 g/mol. The SMILES string of the molecule is CC1CCCC2C3CCC4CNC(=O)NC4C3NC12. The predicted octanol–water partition coefficient (Wildman–Crippen LogP) is 1.47. The van der Waals surface area contributed by atoms with Crippen LogP contribution in [0.1, 0.15) is 39.0 Å². The maximum Gasteiger partial charge on any atom is 0.315 e. The van der Waals surface area contributed by atoms with Gasteiger partial charge in [0.05, 0.1) is 6.04 Å². The van der Waals surface area contributed by atoms with E-state index in [1.807, 2.05) is 0 Å². The Balaban J connectivity index is 1.58. The highest BCUT2D eigenvalue weighted by Crippen LogP contribution is 2.47. The molecule has 4 aliphatic rings. The molecule has 2 heterocycles. The van der Waals surface area contributed by atoms with E-state index in [4.69, 9.17) is 0 Å². The van der Waals surface area contributed by atoms with Gasteiger partial charge in [-0.1, -0.05) is 13.3 Å². The first kappa shape index (κ1) is 12.0. The van der Waals surface area contributed by atoms with E-state index in [0.717, 1.165) is 24.3 Å². The van der Waals surface area contributed by atoms with Gasteiger partial charge in [-0.15, -0.1) is 0 Å². The second-order valence-electron chi connectivity index (χ2n) is 7.17. The maximum atomic E-state index is 11.6. The zero-order valence-electron chi connectivity index (χ0n) is 11.7. The Hall–Kier alpha value is -0.770. The van der Waals surface area contributed by atoms with Crippen molar-refractivity contribution in [3.8, 4) is 0 Å². The van der Waals surface area contributed by atoms with Gasteiger partial charge in [0.2, 0.25) is 0 Å². The third-order valence-corrected chi connectivity index (χ3v) is 6.26. The molecule has 2 saturated heterocycles. The molecule has 106 valence electrons. The molecular weight excluding hydrogens is 238 g/mol. The second kappa shape index (κ2) is 4.37. The number of hydrogen-bond donors (Lipinski definition) is 3. The van der Waals surface area contributed by atoms with Crippen molar-refractivity contribution >= 4 is 6.03 Å². The van der Waals surface area contributed by atoms with Gasteiger partial charge in [-0.2, -0.15) is 0 Å². The normalized spacial score (nSPS) is 52.5. The van der Waals surface area contributed by atoms with Crippen molar-refractivity contribution in [1.82, 2.24) is 16.0 Å². The van der Waals surface area contributed by atoms with Gasteiger partial charge in [0, 0.05) is 18.6 Å². The highest BCUT2D eigenvalue weighted by molar-refractivity contribution is 5.75. The summed E-state index contributed by atoms with van der Waals surface area (Å²) >= 11 is 0. The molecule has 4 heteroatoms. The molecule has 0 aromatic heterocycles. The van der Waals surface area contributed by atoms with Crippen molar-refractivity contribution < 1.29 is 4.79 Å². The number of rotatable bonds is 0. The first-order valence-electron chi connectivity index (χ1n) is 8.04. The van der Waals surface area contributed by atoms with Crippen molar-refractivity contribution in [1.29, 1.82) is 0 Å². The van der Waals surface area contributed by atoms with Crippen LogP contribution in [-0.2, 0) is 0 Å². The molecule has 0 bridgehead atoms. The smallest absolute Gasteiger partial charge is 0.315 e. The van der Waals surface area contributed by atoms with Crippen molar-refractivity contribution in [2.45, 2.75) is 57.2 Å². The van der Waals surface area contributed by atoms with Crippen molar-refractivity contribution in [3.05, 3.63) is 0 Å². The van der Waals surface area contributed by atoms with Gasteiger partial charge in [0.15, 0.2) is 0 Å². The molecule has 2 aliphatic heterocycles. The van der Waals surface area contributed by atoms with E-state index in [1.165, 1.54) is 32.1 Å². The van der Waals surface area contributed by atoms with Crippen LogP contribution in [0.25, 0.3) is 0 Å². The maximum absolute atomic E-state index is 11.6. The predicted molar refractivity (Wildman–Crippen MR) is 73.8 cm³/mol. The van der Waals surface area contributed by atoms with Crippen molar-refractivity contribution in [3.63, 3.8) is 0 Å². The van der Waals surface area contributed by atoms with Gasteiger partial charge in [-0.05, 0) is 49.4 Å².